The molecule has 3 N–H and O–H groups in total. The largest absolute Gasteiger partial charge is 0.353 e. The molecule has 5 aliphatic rings. The lowest BCUT2D eigenvalue weighted by Gasteiger charge is -2.62. The van der Waals surface area contributed by atoms with Gasteiger partial charge in [0.15, 0.2) is 0 Å². The van der Waals surface area contributed by atoms with Gasteiger partial charge in [-0.15, -0.1) is 0 Å². The summed E-state index contributed by atoms with van der Waals surface area (Å²) in [7, 11) is 0. The number of nitrogens with two attached hydrogens (primary N) is 1. The number of hydrogen-bond acceptors (Lipinski definition) is 2. The van der Waals surface area contributed by atoms with E-state index in [-0.39, 0.29) is 10.8 Å². The predicted octanol–water partition coefficient (Wildman–Crippen LogP) is 5.49. The Bertz CT molecular complexity index is 816. The van der Waals surface area contributed by atoms with E-state index in [0.717, 1.165) is 44.9 Å². The van der Waals surface area contributed by atoms with Crippen molar-refractivity contribution in [1.29, 1.82) is 0 Å². The average Bonchev–Trinajstić information content (AvgIpc) is 2.75. The van der Waals surface area contributed by atoms with E-state index >= 15 is 0 Å². The molecule has 5 aliphatic carbocycles. The van der Waals surface area contributed by atoms with Crippen LogP contribution in [0.15, 0.2) is 42.0 Å². The molecule has 5 saturated carbocycles. The van der Waals surface area contributed by atoms with Gasteiger partial charge in [-0.3, -0.25) is 4.79 Å². The maximum Gasteiger partial charge on any atom is 0.226 e. The third-order valence-electron chi connectivity index (χ3n) is 8.97. The highest BCUT2D eigenvalue weighted by atomic mass is 16.2. The molecule has 3 heteroatoms. The Labute approximate surface area is 188 Å². The number of allylic oxidation sites excluding steroid dienone is 2. The first-order valence-electron chi connectivity index (χ1n) is 12.7. The van der Waals surface area contributed by atoms with Gasteiger partial charge in [0.2, 0.25) is 5.91 Å². The molecule has 2 unspecified atom stereocenters. The molecular weight excluding hydrogens is 380 g/mol. The zero-order valence-corrected chi connectivity index (χ0v) is 19.4. The van der Waals surface area contributed by atoms with Gasteiger partial charge in [-0.1, -0.05) is 55.8 Å². The normalized spacial score (nSPS) is 39.0. The maximum absolute atomic E-state index is 13.8. The van der Waals surface area contributed by atoms with Crippen LogP contribution in [0.1, 0.15) is 83.6 Å². The summed E-state index contributed by atoms with van der Waals surface area (Å²) >= 11 is 0. The predicted molar refractivity (Wildman–Crippen MR) is 127 cm³/mol. The fourth-order valence-corrected chi connectivity index (χ4v) is 7.64. The van der Waals surface area contributed by atoms with Crippen molar-refractivity contribution >= 4 is 5.91 Å². The average molecular weight is 421 g/mol. The highest BCUT2D eigenvalue weighted by Crippen LogP contribution is 2.67. The smallest absolute Gasteiger partial charge is 0.226 e. The highest BCUT2D eigenvalue weighted by molar-refractivity contribution is 5.84. The van der Waals surface area contributed by atoms with Crippen molar-refractivity contribution in [1.82, 2.24) is 5.32 Å². The van der Waals surface area contributed by atoms with Crippen molar-refractivity contribution in [2.45, 2.75) is 95.6 Å². The van der Waals surface area contributed by atoms with Crippen LogP contribution in [-0.2, 0) is 10.2 Å². The molecule has 0 spiro atoms. The summed E-state index contributed by atoms with van der Waals surface area (Å²) in [5.41, 5.74) is 9.25. The van der Waals surface area contributed by atoms with Gasteiger partial charge in [0, 0.05) is 12.1 Å². The van der Waals surface area contributed by atoms with E-state index in [2.05, 4.69) is 55.6 Å². The summed E-state index contributed by atoms with van der Waals surface area (Å²) in [6, 6.07) is 11.8. The Balaban J connectivity index is 1.43. The van der Waals surface area contributed by atoms with Crippen molar-refractivity contribution in [2.75, 3.05) is 0 Å². The third kappa shape index (κ3) is 3.88. The molecule has 5 fully saturated rings. The molecule has 168 valence electrons. The Morgan fingerprint density at radius 1 is 1.06 bits per heavy atom. The minimum absolute atomic E-state index is 0.175. The van der Waals surface area contributed by atoms with E-state index in [9.17, 15) is 4.79 Å². The van der Waals surface area contributed by atoms with E-state index in [1.807, 2.05) is 0 Å². The minimum Gasteiger partial charge on any atom is -0.353 e. The molecule has 0 aromatic heterocycles. The van der Waals surface area contributed by atoms with Crippen molar-refractivity contribution in [3.05, 3.63) is 47.5 Å². The van der Waals surface area contributed by atoms with E-state index in [4.69, 9.17) is 5.73 Å². The fraction of sp³-hybridized carbons (Fsp3) is 0.679. The SMILES string of the molecule is CC(C)CC=C1C2CC3(C(=O)NC4CCC(N)CC4)CC1CC(c1ccccc1)(C2)C3. The molecular formula is C28H40N2O. The van der Waals surface area contributed by atoms with Gasteiger partial charge in [0.25, 0.3) is 0 Å². The number of nitrogens with one attached hydrogen (secondary N) is 1. The molecule has 0 radical (unpaired) electrons. The first-order chi connectivity index (χ1) is 14.9. The van der Waals surface area contributed by atoms with Gasteiger partial charge in [0.1, 0.15) is 0 Å². The van der Waals surface area contributed by atoms with E-state index in [1.165, 1.54) is 24.8 Å². The Morgan fingerprint density at radius 2 is 1.71 bits per heavy atom. The molecule has 0 aliphatic heterocycles. The van der Waals surface area contributed by atoms with Crippen LogP contribution in [0.2, 0.25) is 0 Å². The Hall–Kier alpha value is -1.61. The van der Waals surface area contributed by atoms with Gasteiger partial charge < -0.3 is 11.1 Å². The number of amides is 1. The lowest BCUT2D eigenvalue weighted by molar-refractivity contribution is -0.145. The molecule has 0 heterocycles. The Morgan fingerprint density at radius 3 is 2.32 bits per heavy atom. The second-order valence-corrected chi connectivity index (χ2v) is 11.7. The summed E-state index contributed by atoms with van der Waals surface area (Å²) < 4.78 is 0. The topological polar surface area (TPSA) is 55.1 Å². The number of benzene rings is 1. The van der Waals surface area contributed by atoms with Crippen LogP contribution in [0.5, 0.6) is 0 Å². The third-order valence-corrected chi connectivity index (χ3v) is 8.97. The number of rotatable bonds is 5. The zero-order chi connectivity index (χ0) is 21.6. The van der Waals surface area contributed by atoms with E-state index in [0.29, 0.717) is 35.7 Å². The summed E-state index contributed by atoms with van der Waals surface area (Å²) in [4.78, 5) is 13.8. The fourth-order valence-electron chi connectivity index (χ4n) is 7.64. The van der Waals surface area contributed by atoms with Crippen LogP contribution in [-0.4, -0.2) is 18.0 Å². The van der Waals surface area contributed by atoms with Gasteiger partial charge in [-0.2, -0.15) is 0 Å². The standard InChI is InChI=1S/C28H40N2O/c1-19(2)8-13-25-20-14-27(22-6-4-3-5-7-22)15-21(25)17-28(16-20,18-27)26(31)30-24-11-9-23(29)10-12-24/h3-7,13,19-21,23-24H,8-12,14-18,29H2,1-2H3,(H,30,31). The highest BCUT2D eigenvalue weighted by Gasteiger charge is 2.62. The second-order valence-electron chi connectivity index (χ2n) is 11.7. The van der Waals surface area contributed by atoms with Crippen LogP contribution < -0.4 is 11.1 Å². The summed E-state index contributed by atoms with van der Waals surface area (Å²) in [6.45, 7) is 4.62. The monoisotopic (exact) mass is 420 g/mol. The van der Waals surface area contributed by atoms with E-state index in [1.54, 1.807) is 5.57 Å². The molecule has 6 rings (SSSR count). The van der Waals surface area contributed by atoms with Gasteiger partial charge in [-0.05, 0) is 92.9 Å². The first-order valence-corrected chi connectivity index (χ1v) is 12.7. The molecule has 1 aromatic rings. The lowest BCUT2D eigenvalue weighted by atomic mass is 9.41. The van der Waals surface area contributed by atoms with E-state index < -0.39 is 0 Å². The quantitative estimate of drug-likeness (QED) is 0.619. The second kappa shape index (κ2) is 8.06. The van der Waals surface area contributed by atoms with Crippen LogP contribution in [0.3, 0.4) is 0 Å². The van der Waals surface area contributed by atoms with Crippen LogP contribution in [0.4, 0.5) is 0 Å². The molecule has 2 atom stereocenters. The van der Waals surface area contributed by atoms with Crippen LogP contribution in [0, 0.1) is 23.2 Å². The number of hydrogen-bond donors (Lipinski definition) is 2. The molecule has 0 saturated heterocycles. The van der Waals surface area contributed by atoms with Crippen molar-refractivity contribution in [2.24, 2.45) is 28.9 Å². The summed E-state index contributed by atoms with van der Waals surface area (Å²) in [5.74, 6) is 2.20. The minimum atomic E-state index is -0.184. The maximum atomic E-state index is 13.8. The zero-order valence-electron chi connectivity index (χ0n) is 19.4. The molecule has 3 nitrogen and oxygen atoms in total. The van der Waals surface area contributed by atoms with Crippen molar-refractivity contribution in [3.8, 4) is 0 Å². The van der Waals surface area contributed by atoms with Gasteiger partial charge in [-0.25, -0.2) is 0 Å². The summed E-state index contributed by atoms with van der Waals surface area (Å²) in [6.07, 6.45) is 13.5. The van der Waals surface area contributed by atoms with Gasteiger partial charge in [0.05, 0.1) is 5.41 Å². The molecule has 1 amide bonds. The van der Waals surface area contributed by atoms with Crippen LogP contribution in [0.25, 0.3) is 0 Å². The van der Waals surface area contributed by atoms with Gasteiger partial charge >= 0.3 is 0 Å². The number of carbonyl (C=O) groups is 1. The number of carbonyl (C=O) groups excluding carboxylic acids is 1. The molecule has 31 heavy (non-hydrogen) atoms. The first kappa shape index (κ1) is 21.2. The van der Waals surface area contributed by atoms with Crippen molar-refractivity contribution < 1.29 is 4.79 Å². The summed E-state index contributed by atoms with van der Waals surface area (Å²) in [5, 5.41) is 3.52. The lowest BCUT2D eigenvalue weighted by Crippen LogP contribution is -2.61. The molecule has 4 bridgehead atoms. The van der Waals surface area contributed by atoms with Crippen LogP contribution >= 0.6 is 0 Å². The Kier molecular flexibility index (Phi) is 5.53. The molecule has 1 aromatic carbocycles. The van der Waals surface area contributed by atoms with Crippen molar-refractivity contribution in [3.63, 3.8) is 0 Å².